The van der Waals surface area contributed by atoms with Gasteiger partial charge in [-0.1, -0.05) is 19.9 Å². The highest BCUT2D eigenvalue weighted by Crippen LogP contribution is 2.08. The zero-order chi connectivity index (χ0) is 12.0. The Labute approximate surface area is 106 Å². The fraction of sp³-hybridized carbons (Fsp3) is 0.455. The van der Waals surface area contributed by atoms with Gasteiger partial charge < -0.3 is 5.32 Å². The summed E-state index contributed by atoms with van der Waals surface area (Å²) < 4.78 is 0. The highest BCUT2D eigenvalue weighted by Gasteiger charge is 1.99. The topological polar surface area (TPSA) is 36.4 Å². The van der Waals surface area contributed by atoms with Crippen molar-refractivity contribution in [2.75, 3.05) is 6.54 Å². The average Bonchev–Trinajstić information content (AvgIpc) is 2.76. The third-order valence-electron chi connectivity index (χ3n) is 1.87. The minimum atomic E-state index is 0.571. The van der Waals surface area contributed by atoms with Gasteiger partial charge in [0, 0.05) is 11.4 Å². The molecule has 0 fully saturated rings. The Morgan fingerprint density at radius 3 is 2.88 bits per heavy atom. The molecule has 1 aromatic rings. The van der Waals surface area contributed by atoms with Gasteiger partial charge in [-0.15, -0.1) is 11.3 Å². The summed E-state index contributed by atoms with van der Waals surface area (Å²) in [4.78, 5) is 1.15. The van der Waals surface area contributed by atoms with E-state index in [9.17, 15) is 0 Å². The number of rotatable bonds is 4. The van der Waals surface area contributed by atoms with Crippen LogP contribution in [0.25, 0.3) is 0 Å². The van der Waals surface area contributed by atoms with Crippen molar-refractivity contribution >= 4 is 34.4 Å². The van der Waals surface area contributed by atoms with E-state index in [0.717, 1.165) is 17.1 Å². The number of thiophene rings is 1. The minimum Gasteiger partial charge on any atom is -0.361 e. The lowest BCUT2D eigenvalue weighted by molar-refractivity contribution is 0.621. The van der Waals surface area contributed by atoms with Crippen LogP contribution in [-0.4, -0.2) is 17.4 Å². The molecular formula is C11H17N3S2. The highest BCUT2D eigenvalue weighted by molar-refractivity contribution is 7.80. The first-order valence-electron chi connectivity index (χ1n) is 5.21. The van der Waals surface area contributed by atoms with Crippen LogP contribution >= 0.6 is 23.6 Å². The summed E-state index contributed by atoms with van der Waals surface area (Å²) in [5.74, 6) is 0.571. The van der Waals surface area contributed by atoms with Crippen LogP contribution in [0.5, 0.6) is 0 Å². The largest absolute Gasteiger partial charge is 0.361 e. The first-order valence-corrected chi connectivity index (χ1v) is 6.50. The van der Waals surface area contributed by atoms with E-state index in [1.165, 1.54) is 0 Å². The molecule has 16 heavy (non-hydrogen) atoms. The smallest absolute Gasteiger partial charge is 0.186 e. The van der Waals surface area contributed by atoms with Crippen LogP contribution in [0, 0.1) is 5.92 Å². The zero-order valence-electron chi connectivity index (χ0n) is 9.78. The molecule has 1 heterocycles. The second-order valence-corrected chi connectivity index (χ2v) is 5.25. The van der Waals surface area contributed by atoms with Crippen molar-refractivity contribution in [2.45, 2.75) is 20.8 Å². The van der Waals surface area contributed by atoms with E-state index in [2.05, 4.69) is 29.7 Å². The van der Waals surface area contributed by atoms with Crippen molar-refractivity contribution in [3.8, 4) is 0 Å². The Kier molecular flexibility index (Phi) is 5.42. The molecule has 3 nitrogen and oxygen atoms in total. The molecule has 2 N–H and O–H groups in total. The molecule has 0 spiro atoms. The van der Waals surface area contributed by atoms with Crippen molar-refractivity contribution in [3.05, 3.63) is 22.4 Å². The van der Waals surface area contributed by atoms with Gasteiger partial charge in [-0.3, -0.25) is 5.43 Å². The summed E-state index contributed by atoms with van der Waals surface area (Å²) in [5.41, 5.74) is 3.79. The molecule has 0 aliphatic rings. The second kappa shape index (κ2) is 6.60. The fourth-order valence-corrected chi connectivity index (χ4v) is 1.82. The molecule has 0 atom stereocenters. The molecule has 88 valence electrons. The highest BCUT2D eigenvalue weighted by atomic mass is 32.1. The second-order valence-electron chi connectivity index (χ2n) is 3.89. The molecule has 0 radical (unpaired) electrons. The van der Waals surface area contributed by atoms with Crippen molar-refractivity contribution < 1.29 is 0 Å². The Hall–Kier alpha value is -0.940. The van der Waals surface area contributed by atoms with Gasteiger partial charge in [0.1, 0.15) is 0 Å². The van der Waals surface area contributed by atoms with Gasteiger partial charge in [-0.2, -0.15) is 5.10 Å². The number of hydrogen-bond acceptors (Lipinski definition) is 3. The molecule has 1 rings (SSSR count). The lowest BCUT2D eigenvalue weighted by Crippen LogP contribution is -2.34. The first-order chi connectivity index (χ1) is 7.59. The molecular weight excluding hydrogens is 238 g/mol. The molecule has 0 saturated carbocycles. The molecule has 1 aromatic heterocycles. The maximum absolute atomic E-state index is 5.09. The zero-order valence-corrected chi connectivity index (χ0v) is 11.4. The van der Waals surface area contributed by atoms with Crippen LogP contribution in [0.15, 0.2) is 22.6 Å². The Morgan fingerprint density at radius 1 is 1.56 bits per heavy atom. The fourth-order valence-electron chi connectivity index (χ4n) is 1.01. The van der Waals surface area contributed by atoms with Crippen molar-refractivity contribution in [1.29, 1.82) is 0 Å². The van der Waals surface area contributed by atoms with Crippen LogP contribution in [0.3, 0.4) is 0 Å². The molecule has 0 aliphatic heterocycles. The molecule has 0 aromatic carbocycles. The number of nitrogens with zero attached hydrogens (tertiary/aromatic N) is 1. The maximum atomic E-state index is 5.09. The van der Waals surface area contributed by atoms with Gasteiger partial charge >= 0.3 is 0 Å². The number of hydrazone groups is 1. The third kappa shape index (κ3) is 4.72. The lowest BCUT2D eigenvalue weighted by atomic mass is 10.2. The molecule has 0 saturated heterocycles. The number of thiocarbonyl (C=S) groups is 1. The predicted octanol–water partition coefficient (Wildman–Crippen LogP) is 2.59. The number of nitrogens with one attached hydrogen (secondary N) is 2. The average molecular weight is 255 g/mol. The molecule has 0 aliphatic carbocycles. The van der Waals surface area contributed by atoms with Gasteiger partial charge in [0.15, 0.2) is 5.11 Å². The van der Waals surface area contributed by atoms with Gasteiger partial charge in [-0.25, -0.2) is 0 Å². The summed E-state index contributed by atoms with van der Waals surface area (Å²) in [6.45, 7) is 7.09. The van der Waals surface area contributed by atoms with E-state index in [1.807, 2.05) is 24.4 Å². The molecule has 0 unspecified atom stereocenters. The van der Waals surface area contributed by atoms with E-state index in [0.29, 0.717) is 11.0 Å². The summed E-state index contributed by atoms with van der Waals surface area (Å²) in [6, 6.07) is 4.05. The van der Waals surface area contributed by atoms with Crippen LogP contribution in [0.4, 0.5) is 0 Å². The predicted molar refractivity (Wildman–Crippen MR) is 75.1 cm³/mol. The molecule has 0 bridgehead atoms. The summed E-state index contributed by atoms with van der Waals surface area (Å²) in [6.07, 6.45) is 0. The van der Waals surface area contributed by atoms with Crippen molar-refractivity contribution in [3.63, 3.8) is 0 Å². The SMILES string of the molecule is C/C(=N\NC(=S)NCC(C)C)c1cccs1. The Morgan fingerprint density at radius 2 is 2.31 bits per heavy atom. The summed E-state index contributed by atoms with van der Waals surface area (Å²) >= 11 is 6.76. The normalized spacial score (nSPS) is 11.6. The van der Waals surface area contributed by atoms with Gasteiger partial charge in [-0.05, 0) is 36.5 Å². The molecule has 0 amide bonds. The van der Waals surface area contributed by atoms with E-state index in [4.69, 9.17) is 12.2 Å². The van der Waals surface area contributed by atoms with Crippen molar-refractivity contribution in [1.82, 2.24) is 10.7 Å². The lowest BCUT2D eigenvalue weighted by Gasteiger charge is -2.09. The van der Waals surface area contributed by atoms with E-state index >= 15 is 0 Å². The Bertz CT molecular complexity index is 355. The Balaban J connectivity index is 2.38. The van der Waals surface area contributed by atoms with E-state index in [1.54, 1.807) is 11.3 Å². The van der Waals surface area contributed by atoms with Crippen molar-refractivity contribution in [2.24, 2.45) is 11.0 Å². The van der Waals surface area contributed by atoms with Crippen LogP contribution in [0.2, 0.25) is 0 Å². The standard InChI is InChI=1S/C11H17N3S2/c1-8(2)7-12-11(15)14-13-9(3)10-5-4-6-16-10/h4-6,8H,7H2,1-3H3,(H2,12,14,15)/b13-9+. The van der Waals surface area contributed by atoms with Gasteiger partial charge in [0.2, 0.25) is 0 Å². The minimum absolute atomic E-state index is 0.571. The van der Waals surface area contributed by atoms with Gasteiger partial charge in [0.25, 0.3) is 0 Å². The van der Waals surface area contributed by atoms with Crippen LogP contribution in [-0.2, 0) is 0 Å². The van der Waals surface area contributed by atoms with Crippen LogP contribution < -0.4 is 10.7 Å². The maximum Gasteiger partial charge on any atom is 0.186 e. The third-order valence-corrected chi connectivity index (χ3v) is 3.09. The van der Waals surface area contributed by atoms with Gasteiger partial charge in [0.05, 0.1) is 5.71 Å². The first kappa shape index (κ1) is 13.1. The summed E-state index contributed by atoms with van der Waals surface area (Å²) in [7, 11) is 0. The quantitative estimate of drug-likeness (QED) is 0.493. The number of hydrogen-bond donors (Lipinski definition) is 2. The monoisotopic (exact) mass is 255 g/mol. The van der Waals surface area contributed by atoms with Crippen LogP contribution in [0.1, 0.15) is 25.6 Å². The summed E-state index contributed by atoms with van der Waals surface area (Å²) in [5, 5.41) is 9.92. The van der Waals surface area contributed by atoms with E-state index < -0.39 is 0 Å². The molecule has 5 heteroatoms. The van der Waals surface area contributed by atoms with E-state index in [-0.39, 0.29) is 0 Å².